The van der Waals surface area contributed by atoms with Crippen molar-refractivity contribution in [1.29, 1.82) is 0 Å². The van der Waals surface area contributed by atoms with Crippen molar-refractivity contribution >= 4 is 5.91 Å². The summed E-state index contributed by atoms with van der Waals surface area (Å²) in [5.74, 6) is 0.306. The van der Waals surface area contributed by atoms with E-state index in [0.717, 1.165) is 30.8 Å². The van der Waals surface area contributed by atoms with Gasteiger partial charge in [-0.15, -0.1) is 0 Å². The molecule has 7 nitrogen and oxygen atoms in total. The number of aromatic nitrogens is 5. The fourth-order valence-electron chi connectivity index (χ4n) is 3.06. The molecule has 0 spiro atoms. The summed E-state index contributed by atoms with van der Waals surface area (Å²) in [7, 11) is 0. The Bertz CT molecular complexity index is 682. The number of rotatable bonds is 3. The largest absolute Gasteiger partial charge is 0.340 e. The third-order valence-electron chi connectivity index (χ3n) is 4.42. The number of hydrogen-bond acceptors (Lipinski definition) is 5. The Balaban J connectivity index is 1.77. The van der Waals surface area contributed by atoms with E-state index in [2.05, 4.69) is 20.1 Å². The number of likely N-dealkylation sites (tertiary alicyclic amines) is 1. The van der Waals surface area contributed by atoms with Gasteiger partial charge in [0.25, 0.3) is 0 Å². The van der Waals surface area contributed by atoms with E-state index < -0.39 is 5.54 Å². The van der Waals surface area contributed by atoms with Crippen molar-refractivity contribution in [2.24, 2.45) is 0 Å². The first kappa shape index (κ1) is 15.6. The van der Waals surface area contributed by atoms with Gasteiger partial charge in [0.05, 0.1) is 11.4 Å². The summed E-state index contributed by atoms with van der Waals surface area (Å²) in [6, 6.07) is 0. The molecular weight excluding hydrogens is 292 g/mol. The van der Waals surface area contributed by atoms with Gasteiger partial charge < -0.3 is 4.90 Å². The van der Waals surface area contributed by atoms with Crippen LogP contribution < -0.4 is 0 Å². The lowest BCUT2D eigenvalue weighted by Gasteiger charge is -2.37. The molecule has 1 aliphatic heterocycles. The van der Waals surface area contributed by atoms with Gasteiger partial charge in [0, 0.05) is 31.4 Å². The van der Waals surface area contributed by atoms with Crippen LogP contribution in [0.3, 0.4) is 0 Å². The molecule has 122 valence electrons. The van der Waals surface area contributed by atoms with Gasteiger partial charge in [-0.2, -0.15) is 5.10 Å². The molecule has 0 bridgehead atoms. The zero-order valence-electron chi connectivity index (χ0n) is 13.8. The van der Waals surface area contributed by atoms with Crippen molar-refractivity contribution in [2.45, 2.75) is 45.1 Å². The van der Waals surface area contributed by atoms with E-state index in [1.807, 2.05) is 31.9 Å². The van der Waals surface area contributed by atoms with E-state index >= 15 is 0 Å². The van der Waals surface area contributed by atoms with Gasteiger partial charge in [-0.1, -0.05) is 0 Å². The molecule has 0 saturated carbocycles. The molecule has 0 N–H and O–H groups in total. The van der Waals surface area contributed by atoms with Gasteiger partial charge in [0.1, 0.15) is 18.2 Å². The Hall–Kier alpha value is -2.31. The first-order valence-corrected chi connectivity index (χ1v) is 7.91. The van der Waals surface area contributed by atoms with Crippen molar-refractivity contribution in [2.75, 3.05) is 13.1 Å². The minimum Gasteiger partial charge on any atom is -0.340 e. The topological polar surface area (TPSA) is 76.8 Å². The lowest BCUT2D eigenvalue weighted by molar-refractivity contribution is -0.141. The lowest BCUT2D eigenvalue weighted by atomic mass is 9.93. The summed E-state index contributed by atoms with van der Waals surface area (Å²) in [4.78, 5) is 27.6. The molecule has 1 aliphatic rings. The molecule has 23 heavy (non-hydrogen) atoms. The fraction of sp³-hybridized carbons (Fsp3) is 0.562. The van der Waals surface area contributed by atoms with Crippen molar-refractivity contribution in [3.63, 3.8) is 0 Å². The summed E-state index contributed by atoms with van der Waals surface area (Å²) >= 11 is 0. The number of hydrogen-bond donors (Lipinski definition) is 0. The molecule has 1 fully saturated rings. The fourth-order valence-corrected chi connectivity index (χ4v) is 3.06. The van der Waals surface area contributed by atoms with Gasteiger partial charge in [0.2, 0.25) is 5.91 Å². The highest BCUT2D eigenvalue weighted by Gasteiger charge is 2.37. The molecule has 3 heterocycles. The van der Waals surface area contributed by atoms with Crippen LogP contribution in [-0.4, -0.2) is 48.6 Å². The molecule has 2 aromatic heterocycles. The van der Waals surface area contributed by atoms with Gasteiger partial charge in [-0.3, -0.25) is 14.8 Å². The van der Waals surface area contributed by atoms with E-state index in [1.165, 1.54) is 6.33 Å². The Labute approximate surface area is 135 Å². The maximum Gasteiger partial charge on any atom is 0.250 e. The van der Waals surface area contributed by atoms with Crippen molar-refractivity contribution in [1.82, 2.24) is 29.6 Å². The molecule has 1 unspecified atom stereocenters. The third kappa shape index (κ3) is 3.09. The number of aryl methyl sites for hydroxylation is 1. The van der Waals surface area contributed by atoms with Crippen LogP contribution in [0.1, 0.15) is 44.0 Å². The lowest BCUT2D eigenvalue weighted by Crippen LogP contribution is -2.50. The van der Waals surface area contributed by atoms with Crippen LogP contribution in [-0.2, 0) is 10.3 Å². The number of piperidine rings is 1. The zero-order chi connectivity index (χ0) is 16.4. The van der Waals surface area contributed by atoms with Gasteiger partial charge >= 0.3 is 0 Å². The average Bonchev–Trinajstić information content (AvgIpc) is 3.09. The minimum atomic E-state index is -0.739. The van der Waals surface area contributed by atoms with E-state index in [-0.39, 0.29) is 11.8 Å². The molecule has 0 aliphatic carbocycles. The minimum absolute atomic E-state index is 0.0633. The first-order chi connectivity index (χ1) is 11.0. The molecule has 1 atom stereocenters. The first-order valence-electron chi connectivity index (χ1n) is 7.91. The summed E-state index contributed by atoms with van der Waals surface area (Å²) in [5.41, 5.74) is 1.14. The van der Waals surface area contributed by atoms with Gasteiger partial charge in [0.15, 0.2) is 0 Å². The highest BCUT2D eigenvalue weighted by Crippen LogP contribution is 2.28. The molecule has 3 rings (SSSR count). The molecular formula is C16H22N6O. The molecule has 7 heteroatoms. The average molecular weight is 314 g/mol. The second-order valence-corrected chi connectivity index (χ2v) is 6.57. The van der Waals surface area contributed by atoms with Gasteiger partial charge in [-0.25, -0.2) is 9.67 Å². The Morgan fingerprint density at radius 3 is 2.83 bits per heavy atom. The van der Waals surface area contributed by atoms with Crippen molar-refractivity contribution in [3.05, 3.63) is 36.4 Å². The van der Waals surface area contributed by atoms with Crippen LogP contribution in [0, 0.1) is 6.92 Å². The zero-order valence-corrected chi connectivity index (χ0v) is 13.8. The quantitative estimate of drug-likeness (QED) is 0.858. The smallest absolute Gasteiger partial charge is 0.250 e. The van der Waals surface area contributed by atoms with Crippen LogP contribution in [0.4, 0.5) is 0 Å². The van der Waals surface area contributed by atoms with Crippen LogP contribution >= 0.6 is 0 Å². The third-order valence-corrected chi connectivity index (χ3v) is 4.42. The molecule has 1 amide bonds. The highest BCUT2D eigenvalue weighted by molar-refractivity contribution is 5.83. The van der Waals surface area contributed by atoms with Crippen LogP contribution in [0.2, 0.25) is 0 Å². The maximum atomic E-state index is 13.0. The predicted octanol–water partition coefficient (Wildman–Crippen LogP) is 1.52. The van der Waals surface area contributed by atoms with Crippen LogP contribution in [0.25, 0.3) is 0 Å². The summed E-state index contributed by atoms with van der Waals surface area (Å²) in [6.07, 6.45) is 8.62. The van der Waals surface area contributed by atoms with Crippen molar-refractivity contribution in [3.8, 4) is 0 Å². The summed E-state index contributed by atoms with van der Waals surface area (Å²) in [5, 5.41) is 4.13. The number of carbonyl (C=O) groups excluding carboxylic acids is 1. The second-order valence-electron chi connectivity index (χ2n) is 6.57. The monoisotopic (exact) mass is 314 g/mol. The number of nitrogens with zero attached hydrogens (tertiary/aromatic N) is 6. The highest BCUT2D eigenvalue weighted by atomic mass is 16.2. The van der Waals surface area contributed by atoms with Crippen molar-refractivity contribution < 1.29 is 4.79 Å². The van der Waals surface area contributed by atoms with E-state index in [4.69, 9.17) is 0 Å². The van der Waals surface area contributed by atoms with Crippen LogP contribution in [0.5, 0.6) is 0 Å². The van der Waals surface area contributed by atoms with E-state index in [1.54, 1.807) is 17.2 Å². The molecule has 0 radical (unpaired) electrons. The molecule has 0 aromatic carbocycles. The van der Waals surface area contributed by atoms with Crippen LogP contribution in [0.15, 0.2) is 25.0 Å². The SMILES string of the molecule is Cc1cncc(C2CCCN(C(=O)C(C)(C)n3cncn3)C2)n1. The van der Waals surface area contributed by atoms with E-state index in [9.17, 15) is 4.79 Å². The van der Waals surface area contributed by atoms with E-state index in [0.29, 0.717) is 6.54 Å². The standard InChI is InChI=1S/C16H22N6O/c1-12-7-17-8-14(20-12)13-5-4-6-21(9-13)15(23)16(2,3)22-11-18-10-19-22/h7-8,10-11,13H,4-6,9H2,1-3H3. The molecule has 1 saturated heterocycles. The maximum absolute atomic E-state index is 13.0. The Morgan fingerprint density at radius 1 is 1.30 bits per heavy atom. The molecule has 2 aromatic rings. The predicted molar refractivity (Wildman–Crippen MR) is 84.7 cm³/mol. The summed E-state index contributed by atoms with van der Waals surface area (Å²) in [6.45, 7) is 7.14. The summed E-state index contributed by atoms with van der Waals surface area (Å²) < 4.78 is 1.62. The van der Waals surface area contributed by atoms with Gasteiger partial charge in [-0.05, 0) is 33.6 Å². The number of amides is 1. The number of carbonyl (C=O) groups is 1. The second kappa shape index (κ2) is 6.06. The normalized spacial score (nSPS) is 18.9. The Kier molecular flexibility index (Phi) is 4.11. The Morgan fingerprint density at radius 2 is 2.13 bits per heavy atom.